The van der Waals surface area contributed by atoms with Gasteiger partial charge in [0.1, 0.15) is 18.2 Å². The van der Waals surface area contributed by atoms with Crippen molar-refractivity contribution in [1.29, 1.82) is 0 Å². The monoisotopic (exact) mass is 452 g/mol. The first-order valence-corrected chi connectivity index (χ1v) is 9.71. The fourth-order valence-electron chi connectivity index (χ4n) is 2.98. The Morgan fingerprint density at radius 1 is 1.12 bits per heavy atom. The summed E-state index contributed by atoms with van der Waals surface area (Å²) >= 11 is 6.10. The molecule has 0 spiro atoms. The molecule has 0 N–H and O–H groups in total. The number of benzene rings is 3. The number of rotatable bonds is 6. The number of halogens is 2. The van der Waals surface area contributed by atoms with Crippen LogP contribution < -0.4 is 4.74 Å². The molecule has 3 aromatic carbocycles. The molecule has 1 aliphatic rings. The van der Waals surface area contributed by atoms with E-state index in [0.29, 0.717) is 16.9 Å². The van der Waals surface area contributed by atoms with E-state index >= 15 is 0 Å². The predicted molar refractivity (Wildman–Crippen MR) is 116 cm³/mol. The third kappa shape index (κ3) is 4.65. The van der Waals surface area contributed by atoms with Crippen molar-refractivity contribution in [2.24, 2.45) is 4.99 Å². The molecule has 0 saturated carbocycles. The molecule has 0 fully saturated rings. The lowest BCUT2D eigenvalue weighted by molar-refractivity contribution is -0.384. The lowest BCUT2D eigenvalue weighted by Crippen LogP contribution is -2.06. The zero-order valence-corrected chi connectivity index (χ0v) is 17.1. The predicted octanol–water partition coefficient (Wildman–Crippen LogP) is 5.31. The number of nitro benzene ring substituents is 1. The van der Waals surface area contributed by atoms with E-state index in [1.165, 1.54) is 30.3 Å². The standard InChI is InChI=1S/C23H14ClFN2O5/c24-19-12-17(27(29)30)8-9-18(19)22-26-20(23(28)32-22)11-15-5-1-2-7-21(15)31-13-14-4-3-6-16(25)10-14/h1-12H,13H2/b20-11-. The number of aliphatic imine (C=N–C) groups is 1. The lowest BCUT2D eigenvalue weighted by atomic mass is 10.1. The average molecular weight is 453 g/mol. The number of nitrogens with zero attached hydrogens (tertiary/aromatic N) is 2. The smallest absolute Gasteiger partial charge is 0.363 e. The molecule has 0 unspecified atom stereocenters. The summed E-state index contributed by atoms with van der Waals surface area (Å²) in [7, 11) is 0. The van der Waals surface area contributed by atoms with Crippen molar-refractivity contribution in [3.8, 4) is 5.75 Å². The Labute approximate surface area is 186 Å². The molecular formula is C23H14ClFN2O5. The van der Waals surface area contributed by atoms with E-state index in [4.69, 9.17) is 21.1 Å². The third-order valence-electron chi connectivity index (χ3n) is 4.51. The van der Waals surface area contributed by atoms with Gasteiger partial charge < -0.3 is 9.47 Å². The van der Waals surface area contributed by atoms with Crippen LogP contribution in [-0.2, 0) is 16.1 Å². The quantitative estimate of drug-likeness (QED) is 0.219. The number of hydrogen-bond donors (Lipinski definition) is 0. The molecule has 7 nitrogen and oxygen atoms in total. The van der Waals surface area contributed by atoms with Gasteiger partial charge in [0, 0.05) is 17.7 Å². The first-order chi connectivity index (χ1) is 15.4. The molecule has 0 amide bonds. The molecule has 4 rings (SSSR count). The lowest BCUT2D eigenvalue weighted by Gasteiger charge is -2.09. The highest BCUT2D eigenvalue weighted by molar-refractivity contribution is 6.34. The van der Waals surface area contributed by atoms with Crippen molar-refractivity contribution >= 4 is 35.2 Å². The number of para-hydroxylation sites is 1. The third-order valence-corrected chi connectivity index (χ3v) is 4.82. The number of cyclic esters (lactones) is 1. The summed E-state index contributed by atoms with van der Waals surface area (Å²) in [5.41, 5.74) is 1.29. The Morgan fingerprint density at radius 2 is 1.94 bits per heavy atom. The van der Waals surface area contributed by atoms with Crippen LogP contribution in [0.4, 0.5) is 10.1 Å². The summed E-state index contributed by atoms with van der Waals surface area (Å²) in [5.74, 6) is -0.648. The van der Waals surface area contributed by atoms with E-state index in [1.807, 2.05) is 0 Å². The Bertz CT molecular complexity index is 1290. The van der Waals surface area contributed by atoms with Crippen LogP contribution in [0.5, 0.6) is 5.75 Å². The van der Waals surface area contributed by atoms with Gasteiger partial charge in [0.25, 0.3) is 5.69 Å². The van der Waals surface area contributed by atoms with E-state index in [2.05, 4.69) is 4.99 Å². The SMILES string of the molecule is O=C1OC(c2ccc([N+](=O)[O-])cc2Cl)=N/C1=C\c1ccccc1OCc1cccc(F)c1. The summed E-state index contributed by atoms with van der Waals surface area (Å²) in [4.78, 5) is 26.8. The van der Waals surface area contributed by atoms with Gasteiger partial charge in [0.2, 0.25) is 5.90 Å². The summed E-state index contributed by atoms with van der Waals surface area (Å²) in [5, 5.41) is 10.9. The average Bonchev–Trinajstić information content (AvgIpc) is 3.13. The van der Waals surface area contributed by atoms with Crippen LogP contribution in [0.3, 0.4) is 0 Å². The maximum absolute atomic E-state index is 13.4. The summed E-state index contributed by atoms with van der Waals surface area (Å²) in [6.45, 7) is 0.134. The fraction of sp³-hybridized carbons (Fsp3) is 0.0435. The number of ether oxygens (including phenoxy) is 2. The molecule has 32 heavy (non-hydrogen) atoms. The maximum atomic E-state index is 13.4. The minimum absolute atomic E-state index is 0.0104. The van der Waals surface area contributed by atoms with Gasteiger partial charge in [-0.3, -0.25) is 10.1 Å². The largest absolute Gasteiger partial charge is 0.488 e. The summed E-state index contributed by atoms with van der Waals surface area (Å²) in [6, 6.07) is 16.8. The molecule has 0 bridgehead atoms. The van der Waals surface area contributed by atoms with E-state index < -0.39 is 10.9 Å². The second-order valence-electron chi connectivity index (χ2n) is 6.71. The van der Waals surface area contributed by atoms with Crippen LogP contribution in [0.2, 0.25) is 5.02 Å². The van der Waals surface area contributed by atoms with Gasteiger partial charge in [-0.25, -0.2) is 14.2 Å². The van der Waals surface area contributed by atoms with E-state index in [0.717, 1.165) is 6.07 Å². The first kappa shape index (κ1) is 21.2. The van der Waals surface area contributed by atoms with Crippen LogP contribution >= 0.6 is 11.6 Å². The molecule has 0 radical (unpaired) electrons. The zero-order valence-electron chi connectivity index (χ0n) is 16.3. The van der Waals surface area contributed by atoms with Crippen LogP contribution in [0, 0.1) is 15.9 Å². The van der Waals surface area contributed by atoms with E-state index in [1.54, 1.807) is 36.4 Å². The number of carbonyl (C=O) groups excluding carboxylic acids is 1. The molecular weight excluding hydrogens is 439 g/mol. The topological polar surface area (TPSA) is 91.0 Å². The van der Waals surface area contributed by atoms with Crippen LogP contribution in [0.1, 0.15) is 16.7 Å². The number of hydrogen-bond acceptors (Lipinski definition) is 6. The highest BCUT2D eigenvalue weighted by Gasteiger charge is 2.26. The fourth-order valence-corrected chi connectivity index (χ4v) is 3.24. The molecule has 0 aliphatic carbocycles. The molecule has 0 atom stereocenters. The van der Waals surface area contributed by atoms with Gasteiger partial charge in [-0.1, -0.05) is 41.9 Å². The first-order valence-electron chi connectivity index (χ1n) is 9.34. The number of non-ortho nitro benzene ring substituents is 1. The molecule has 0 saturated heterocycles. The normalized spacial score (nSPS) is 14.2. The summed E-state index contributed by atoms with van der Waals surface area (Å²) < 4.78 is 24.4. The highest BCUT2D eigenvalue weighted by atomic mass is 35.5. The minimum Gasteiger partial charge on any atom is -0.488 e. The van der Waals surface area contributed by atoms with Crippen molar-refractivity contribution < 1.29 is 23.6 Å². The van der Waals surface area contributed by atoms with Gasteiger partial charge in [-0.2, -0.15) is 0 Å². The Balaban J connectivity index is 1.59. The molecule has 1 heterocycles. The van der Waals surface area contributed by atoms with Crippen LogP contribution in [0.15, 0.2) is 77.4 Å². The molecule has 0 aromatic heterocycles. The second kappa shape index (κ2) is 8.99. The Hall–Kier alpha value is -4.04. The Kier molecular flexibility index (Phi) is 5.96. The number of carbonyl (C=O) groups is 1. The molecule has 3 aromatic rings. The highest BCUT2D eigenvalue weighted by Crippen LogP contribution is 2.29. The maximum Gasteiger partial charge on any atom is 0.363 e. The second-order valence-corrected chi connectivity index (χ2v) is 7.12. The number of nitro groups is 1. The van der Waals surface area contributed by atoms with Gasteiger partial charge in [0.05, 0.1) is 15.5 Å². The van der Waals surface area contributed by atoms with Crippen molar-refractivity contribution in [2.45, 2.75) is 6.61 Å². The van der Waals surface area contributed by atoms with E-state index in [-0.39, 0.29) is 40.3 Å². The van der Waals surface area contributed by atoms with Gasteiger partial charge in [-0.15, -0.1) is 0 Å². The van der Waals surface area contributed by atoms with Crippen molar-refractivity contribution in [1.82, 2.24) is 0 Å². The van der Waals surface area contributed by atoms with Gasteiger partial charge in [-0.05, 0) is 35.9 Å². The minimum atomic E-state index is -0.700. The van der Waals surface area contributed by atoms with Crippen LogP contribution in [0.25, 0.3) is 6.08 Å². The number of esters is 1. The molecule has 1 aliphatic heterocycles. The van der Waals surface area contributed by atoms with Crippen molar-refractivity contribution in [3.63, 3.8) is 0 Å². The van der Waals surface area contributed by atoms with E-state index in [9.17, 15) is 19.3 Å². The van der Waals surface area contributed by atoms with Crippen molar-refractivity contribution in [3.05, 3.63) is 110 Å². The Morgan fingerprint density at radius 3 is 2.69 bits per heavy atom. The van der Waals surface area contributed by atoms with Gasteiger partial charge >= 0.3 is 5.97 Å². The van der Waals surface area contributed by atoms with Crippen molar-refractivity contribution in [2.75, 3.05) is 0 Å². The summed E-state index contributed by atoms with van der Waals surface area (Å²) in [6.07, 6.45) is 1.50. The molecule has 9 heteroatoms. The van der Waals surface area contributed by atoms with Crippen LogP contribution in [-0.4, -0.2) is 16.8 Å². The molecule has 160 valence electrons. The zero-order chi connectivity index (χ0) is 22.7. The van der Waals surface area contributed by atoms with Gasteiger partial charge in [0.15, 0.2) is 5.70 Å².